The zero-order chi connectivity index (χ0) is 12.2. The Hall–Kier alpha value is -1.57. The third-order valence-corrected chi connectivity index (χ3v) is 1.91. The second-order valence-corrected chi connectivity index (χ2v) is 3.27. The van der Waals surface area contributed by atoms with Gasteiger partial charge in [0.1, 0.15) is 0 Å². The third-order valence-electron chi connectivity index (χ3n) is 1.91. The van der Waals surface area contributed by atoms with E-state index in [1.807, 2.05) is 30.3 Å². The summed E-state index contributed by atoms with van der Waals surface area (Å²) in [4.78, 5) is 10.7. The molecule has 0 atom stereocenters. The van der Waals surface area contributed by atoms with E-state index < -0.39 is 0 Å². The van der Waals surface area contributed by atoms with Crippen LogP contribution >= 0.6 is 0 Å². The van der Waals surface area contributed by atoms with Crippen molar-refractivity contribution in [3.8, 4) is 0 Å². The number of esters is 1. The van der Waals surface area contributed by atoms with Gasteiger partial charge in [-0.3, -0.25) is 0 Å². The summed E-state index contributed by atoms with van der Waals surface area (Å²) >= 11 is 0. The van der Waals surface area contributed by atoms with Crippen LogP contribution < -0.4 is 0 Å². The first kappa shape index (κ1) is 14.4. The highest BCUT2D eigenvalue weighted by molar-refractivity contribution is 5.86. The Kier molecular flexibility index (Phi) is 8.99. The molecule has 0 heterocycles. The van der Waals surface area contributed by atoms with E-state index >= 15 is 0 Å². The van der Waals surface area contributed by atoms with E-state index in [0.29, 0.717) is 0 Å². The molecule has 0 fully saturated rings. The number of ether oxygens (including phenoxy) is 1. The number of hydrogen-bond donors (Lipinski definition) is 0. The first-order valence-electron chi connectivity index (χ1n) is 5.55. The fraction of sp³-hybridized carbons (Fsp3) is 0.357. The second kappa shape index (κ2) is 9.97. The van der Waals surface area contributed by atoms with Gasteiger partial charge >= 0.3 is 5.97 Å². The average molecular weight is 220 g/mol. The lowest BCUT2D eigenvalue weighted by Crippen LogP contribution is -1.92. The topological polar surface area (TPSA) is 26.3 Å². The molecule has 0 bridgehead atoms. The summed E-state index contributed by atoms with van der Waals surface area (Å²) in [6.45, 7) is 4.36. The molecule has 0 radical (unpaired) electrons. The number of carbonyl (C=O) groups excluding carboxylic acids is 1. The van der Waals surface area contributed by atoms with E-state index in [4.69, 9.17) is 0 Å². The summed E-state index contributed by atoms with van der Waals surface area (Å²) in [6, 6.07) is 9.59. The van der Waals surface area contributed by atoms with Crippen LogP contribution in [0.15, 0.2) is 36.4 Å². The van der Waals surface area contributed by atoms with E-state index in [9.17, 15) is 4.79 Å². The van der Waals surface area contributed by atoms with Crippen LogP contribution in [0.1, 0.15) is 32.3 Å². The average Bonchev–Trinajstić information content (AvgIpc) is 2.37. The molecule has 0 N–H and O–H groups in total. The molecule has 0 unspecified atom stereocenters. The molecule has 0 aromatic heterocycles. The van der Waals surface area contributed by atoms with Crippen molar-refractivity contribution in [2.24, 2.45) is 0 Å². The summed E-state index contributed by atoms with van der Waals surface area (Å²) in [5.41, 5.74) is 0.989. The van der Waals surface area contributed by atoms with Crippen molar-refractivity contribution >= 4 is 12.0 Å². The smallest absolute Gasteiger partial charge is 0.330 e. The van der Waals surface area contributed by atoms with Crippen LogP contribution in [0.5, 0.6) is 0 Å². The van der Waals surface area contributed by atoms with Gasteiger partial charge in [-0.2, -0.15) is 0 Å². The van der Waals surface area contributed by atoms with Crippen molar-refractivity contribution in [3.63, 3.8) is 0 Å². The van der Waals surface area contributed by atoms with Gasteiger partial charge in [0, 0.05) is 6.08 Å². The van der Waals surface area contributed by atoms with Crippen LogP contribution in [0.3, 0.4) is 0 Å². The fourth-order valence-corrected chi connectivity index (χ4v) is 0.796. The fourth-order valence-electron chi connectivity index (χ4n) is 0.796. The zero-order valence-corrected chi connectivity index (χ0v) is 10.3. The minimum Gasteiger partial charge on any atom is -0.466 e. The van der Waals surface area contributed by atoms with Crippen LogP contribution in [0.25, 0.3) is 6.08 Å². The van der Waals surface area contributed by atoms with Crippen LogP contribution in [-0.2, 0) is 9.53 Å². The van der Waals surface area contributed by atoms with E-state index in [1.54, 1.807) is 6.08 Å². The summed E-state index contributed by atoms with van der Waals surface area (Å²) in [6.07, 6.45) is 5.75. The number of methoxy groups -OCH3 is 1. The van der Waals surface area contributed by atoms with Crippen LogP contribution in [0, 0.1) is 0 Å². The summed E-state index contributed by atoms with van der Waals surface area (Å²) in [5, 5.41) is 0. The molecular weight excluding hydrogens is 200 g/mol. The van der Waals surface area contributed by atoms with Gasteiger partial charge in [-0.15, -0.1) is 0 Å². The first-order valence-corrected chi connectivity index (χ1v) is 5.55. The maximum Gasteiger partial charge on any atom is 0.330 e. The van der Waals surface area contributed by atoms with E-state index in [1.165, 1.54) is 26.0 Å². The van der Waals surface area contributed by atoms with Crippen molar-refractivity contribution < 1.29 is 9.53 Å². The maximum atomic E-state index is 10.7. The van der Waals surface area contributed by atoms with Crippen molar-refractivity contribution in [3.05, 3.63) is 42.0 Å². The van der Waals surface area contributed by atoms with E-state index in [-0.39, 0.29) is 5.97 Å². The molecule has 1 rings (SSSR count). The van der Waals surface area contributed by atoms with Crippen LogP contribution in [-0.4, -0.2) is 13.1 Å². The highest BCUT2D eigenvalue weighted by atomic mass is 16.5. The minimum absolute atomic E-state index is 0.334. The third kappa shape index (κ3) is 7.80. The molecule has 0 saturated heterocycles. The van der Waals surface area contributed by atoms with Crippen molar-refractivity contribution in [2.75, 3.05) is 7.11 Å². The number of rotatable bonds is 3. The highest BCUT2D eigenvalue weighted by Crippen LogP contribution is 2.00. The molecule has 0 spiro atoms. The lowest BCUT2D eigenvalue weighted by atomic mass is 10.2. The molecule has 88 valence electrons. The van der Waals surface area contributed by atoms with Gasteiger partial charge in [0.25, 0.3) is 0 Å². The first-order chi connectivity index (χ1) is 7.74. The molecule has 0 saturated carbocycles. The monoisotopic (exact) mass is 220 g/mol. The van der Waals surface area contributed by atoms with Gasteiger partial charge in [-0.1, -0.05) is 57.0 Å². The van der Waals surface area contributed by atoms with Crippen LogP contribution in [0.4, 0.5) is 0 Å². The Morgan fingerprint density at radius 3 is 2.19 bits per heavy atom. The SMILES string of the molecule is CCCC.COC(=O)/C=C/c1ccccc1. The summed E-state index contributed by atoms with van der Waals surface area (Å²) in [5.74, 6) is -0.334. The summed E-state index contributed by atoms with van der Waals surface area (Å²) in [7, 11) is 1.36. The lowest BCUT2D eigenvalue weighted by molar-refractivity contribution is -0.134. The number of carbonyl (C=O) groups is 1. The van der Waals surface area contributed by atoms with E-state index in [2.05, 4.69) is 18.6 Å². The largest absolute Gasteiger partial charge is 0.466 e. The quantitative estimate of drug-likeness (QED) is 0.573. The molecule has 0 aliphatic heterocycles. The number of hydrogen-bond acceptors (Lipinski definition) is 2. The molecule has 1 aromatic carbocycles. The predicted octanol–water partition coefficient (Wildman–Crippen LogP) is 3.68. The predicted molar refractivity (Wildman–Crippen MR) is 68.1 cm³/mol. The van der Waals surface area contributed by atoms with Crippen LogP contribution in [0.2, 0.25) is 0 Å². The van der Waals surface area contributed by atoms with Gasteiger partial charge in [-0.05, 0) is 11.6 Å². The summed E-state index contributed by atoms with van der Waals surface area (Å²) < 4.78 is 4.45. The van der Waals surface area contributed by atoms with Crippen molar-refractivity contribution in [1.82, 2.24) is 0 Å². The Bertz CT molecular complexity index is 300. The lowest BCUT2D eigenvalue weighted by Gasteiger charge is -1.91. The van der Waals surface area contributed by atoms with Gasteiger partial charge in [0.2, 0.25) is 0 Å². The standard InChI is InChI=1S/C10H10O2.C4H10/c1-12-10(11)8-7-9-5-3-2-4-6-9;1-3-4-2/h2-8H,1H3;3-4H2,1-2H3/b8-7+;. The Balaban J connectivity index is 0.000000487. The Morgan fingerprint density at radius 2 is 1.75 bits per heavy atom. The number of unbranched alkanes of at least 4 members (excludes halogenated alkanes) is 1. The maximum absolute atomic E-state index is 10.7. The zero-order valence-electron chi connectivity index (χ0n) is 10.3. The van der Waals surface area contributed by atoms with Crippen molar-refractivity contribution in [1.29, 1.82) is 0 Å². The molecule has 0 aliphatic carbocycles. The highest BCUT2D eigenvalue weighted by Gasteiger charge is 1.89. The molecular formula is C14H20O2. The molecule has 0 amide bonds. The second-order valence-electron chi connectivity index (χ2n) is 3.27. The Morgan fingerprint density at radius 1 is 1.19 bits per heavy atom. The minimum atomic E-state index is -0.334. The van der Waals surface area contributed by atoms with Gasteiger partial charge in [0.15, 0.2) is 0 Å². The molecule has 1 aromatic rings. The number of benzene rings is 1. The molecule has 2 heteroatoms. The van der Waals surface area contributed by atoms with Crippen molar-refractivity contribution in [2.45, 2.75) is 26.7 Å². The van der Waals surface area contributed by atoms with Gasteiger partial charge in [0.05, 0.1) is 7.11 Å². The van der Waals surface area contributed by atoms with Gasteiger partial charge in [-0.25, -0.2) is 4.79 Å². The normalized spacial score (nSPS) is 9.44. The molecule has 2 nitrogen and oxygen atoms in total. The molecule has 16 heavy (non-hydrogen) atoms. The Labute approximate surface area is 97.9 Å². The van der Waals surface area contributed by atoms with Gasteiger partial charge < -0.3 is 4.74 Å². The van der Waals surface area contributed by atoms with E-state index in [0.717, 1.165) is 5.56 Å². The molecule has 0 aliphatic rings.